The van der Waals surface area contributed by atoms with Crippen LogP contribution < -0.4 is 9.46 Å². The van der Waals surface area contributed by atoms with Crippen molar-refractivity contribution in [3.63, 3.8) is 0 Å². The largest absolute Gasteiger partial charge is 0.490 e. The predicted octanol–water partition coefficient (Wildman–Crippen LogP) is 5.26. The van der Waals surface area contributed by atoms with E-state index in [1.54, 1.807) is 37.3 Å². The first kappa shape index (κ1) is 37.6. The third-order valence-electron chi connectivity index (χ3n) is 8.32. The normalized spacial score (nSPS) is 20.8. The molecule has 0 saturated carbocycles. The number of sulfonamides is 2. The molecule has 1 aliphatic heterocycles. The number of nitrogens with zero attached hydrogens (tertiary/aromatic N) is 2. The average Bonchev–Trinajstić information content (AvgIpc) is 3.06. The van der Waals surface area contributed by atoms with E-state index in [-0.39, 0.29) is 58.5 Å². The van der Waals surface area contributed by atoms with Gasteiger partial charge in [0.15, 0.2) is 0 Å². The lowest BCUT2D eigenvalue weighted by Crippen LogP contribution is -2.48. The number of benzene rings is 3. The van der Waals surface area contributed by atoms with Crippen molar-refractivity contribution in [2.45, 2.75) is 68.1 Å². The Balaban J connectivity index is 1.67. The van der Waals surface area contributed by atoms with Crippen LogP contribution in [0.5, 0.6) is 5.75 Å². The second-order valence-electron chi connectivity index (χ2n) is 12.2. The molecule has 48 heavy (non-hydrogen) atoms. The maximum atomic E-state index is 14.3. The number of hydrogen-bond donors (Lipinski definition) is 2. The number of aliphatic hydroxyl groups excluding tert-OH is 1. The Hall–Kier alpha value is -3.20. The Bertz CT molecular complexity index is 1740. The van der Waals surface area contributed by atoms with Crippen molar-refractivity contribution in [3.8, 4) is 5.75 Å². The van der Waals surface area contributed by atoms with Gasteiger partial charge in [0.25, 0.3) is 15.9 Å². The maximum Gasteiger partial charge on any atom is 0.261 e. The van der Waals surface area contributed by atoms with Crippen LogP contribution in [-0.4, -0.2) is 88.7 Å². The lowest BCUT2D eigenvalue weighted by atomic mass is 10.0. The van der Waals surface area contributed by atoms with Crippen LogP contribution in [0.1, 0.15) is 50.4 Å². The van der Waals surface area contributed by atoms with Gasteiger partial charge in [0.1, 0.15) is 5.75 Å². The minimum Gasteiger partial charge on any atom is -0.490 e. The standard InChI is InChI=1S/C34H44ClN3O8S2/c1-24-21-38(25(2)23-39)34(40)31-20-28(36-47(41,42)29-11-6-5-7-12-29)15-18-32(31)46-26(3)10-8-9-19-45-33(24)22-37(4)48(43,44)30-16-13-27(35)14-17-30/h5-7,11-18,20,24-26,33,36,39H,8-10,19,21-23H2,1-4H3/t24-,25+,26-,33-/m1/s1. The number of ether oxygens (including phenoxy) is 2. The monoisotopic (exact) mass is 721 g/mol. The van der Waals surface area contributed by atoms with Crippen LogP contribution in [0.15, 0.2) is 82.6 Å². The second-order valence-corrected chi connectivity index (χ2v) is 16.3. The van der Waals surface area contributed by atoms with Gasteiger partial charge in [-0.25, -0.2) is 16.8 Å². The highest BCUT2D eigenvalue weighted by atomic mass is 35.5. The summed E-state index contributed by atoms with van der Waals surface area (Å²) in [6, 6.07) is 17.8. The quantitative estimate of drug-likeness (QED) is 0.305. The Labute approximate surface area is 288 Å². The highest BCUT2D eigenvalue weighted by Gasteiger charge is 2.32. The van der Waals surface area contributed by atoms with Crippen LogP contribution in [0.25, 0.3) is 0 Å². The average molecular weight is 722 g/mol. The summed E-state index contributed by atoms with van der Waals surface area (Å²) in [7, 11) is -6.33. The zero-order valence-electron chi connectivity index (χ0n) is 27.6. The van der Waals surface area contributed by atoms with Gasteiger partial charge in [0, 0.05) is 43.4 Å². The maximum absolute atomic E-state index is 14.3. The number of carbonyl (C=O) groups excluding carboxylic acids is 1. The van der Waals surface area contributed by atoms with E-state index in [0.29, 0.717) is 24.5 Å². The van der Waals surface area contributed by atoms with Gasteiger partial charge in [-0.05, 0) is 87.7 Å². The third-order valence-corrected chi connectivity index (χ3v) is 11.8. The van der Waals surface area contributed by atoms with Gasteiger partial charge in [0.2, 0.25) is 10.0 Å². The molecule has 0 aromatic heterocycles. The zero-order valence-corrected chi connectivity index (χ0v) is 30.0. The van der Waals surface area contributed by atoms with Gasteiger partial charge in [-0.15, -0.1) is 0 Å². The summed E-state index contributed by atoms with van der Waals surface area (Å²) in [4.78, 5) is 16.0. The number of hydrogen-bond acceptors (Lipinski definition) is 8. The molecular weight excluding hydrogens is 678 g/mol. The molecule has 3 aromatic rings. The summed E-state index contributed by atoms with van der Waals surface area (Å²) in [6.07, 6.45) is 1.24. The van der Waals surface area contributed by atoms with Crippen LogP contribution in [0.4, 0.5) is 5.69 Å². The van der Waals surface area contributed by atoms with Crippen molar-refractivity contribution in [2.75, 3.05) is 38.1 Å². The second kappa shape index (κ2) is 16.5. The number of aliphatic hydroxyl groups is 1. The molecule has 14 heteroatoms. The van der Waals surface area contributed by atoms with Gasteiger partial charge in [0.05, 0.1) is 40.2 Å². The first-order chi connectivity index (χ1) is 22.7. The fraction of sp³-hybridized carbons (Fsp3) is 0.441. The third kappa shape index (κ3) is 9.48. The molecule has 4 atom stereocenters. The van der Waals surface area contributed by atoms with E-state index < -0.39 is 38.1 Å². The molecule has 0 spiro atoms. The van der Waals surface area contributed by atoms with Crippen LogP contribution in [0.3, 0.4) is 0 Å². The van der Waals surface area contributed by atoms with Crippen molar-refractivity contribution >= 4 is 43.2 Å². The Morgan fingerprint density at radius 2 is 1.69 bits per heavy atom. The first-order valence-electron chi connectivity index (χ1n) is 15.9. The molecule has 0 unspecified atom stereocenters. The van der Waals surface area contributed by atoms with Gasteiger partial charge < -0.3 is 19.5 Å². The molecule has 0 bridgehead atoms. The SMILES string of the molecule is C[C@@H]1CCCCO[C@H](CN(C)S(=O)(=O)c2ccc(Cl)cc2)[C@H](C)CN([C@@H](C)CO)C(=O)c2cc(NS(=O)(=O)c3ccccc3)ccc2O1. The number of amides is 1. The summed E-state index contributed by atoms with van der Waals surface area (Å²) in [5.74, 6) is -0.572. The van der Waals surface area contributed by atoms with E-state index in [1.165, 1.54) is 58.7 Å². The topological polar surface area (TPSA) is 143 Å². The molecule has 0 radical (unpaired) electrons. The molecular formula is C34H44ClN3O8S2. The number of carbonyl (C=O) groups is 1. The van der Waals surface area contributed by atoms with Crippen molar-refractivity contribution < 1.29 is 36.2 Å². The summed E-state index contributed by atoms with van der Waals surface area (Å²) in [5, 5.41) is 10.6. The minimum absolute atomic E-state index is 0.0170. The molecule has 1 amide bonds. The van der Waals surface area contributed by atoms with Crippen LogP contribution in [-0.2, 0) is 24.8 Å². The zero-order chi connectivity index (χ0) is 35.1. The number of rotatable bonds is 9. The highest BCUT2D eigenvalue weighted by Crippen LogP contribution is 2.30. The number of nitrogens with one attached hydrogen (secondary N) is 1. The summed E-state index contributed by atoms with van der Waals surface area (Å²) < 4.78 is 69.3. The number of likely N-dealkylation sites (N-methyl/N-ethyl adjacent to an activating group) is 1. The molecule has 2 N–H and O–H groups in total. The predicted molar refractivity (Wildman–Crippen MR) is 185 cm³/mol. The van der Waals surface area contributed by atoms with E-state index in [1.807, 2.05) is 13.8 Å². The van der Waals surface area contributed by atoms with E-state index in [9.17, 15) is 26.7 Å². The van der Waals surface area contributed by atoms with Gasteiger partial charge in [-0.2, -0.15) is 4.31 Å². The molecule has 0 aliphatic carbocycles. The van der Waals surface area contributed by atoms with E-state index in [0.717, 1.165) is 6.42 Å². The minimum atomic E-state index is -3.95. The Morgan fingerprint density at radius 3 is 2.35 bits per heavy atom. The van der Waals surface area contributed by atoms with Crippen molar-refractivity contribution in [3.05, 3.63) is 83.4 Å². The summed E-state index contributed by atoms with van der Waals surface area (Å²) in [5.41, 5.74) is 0.294. The first-order valence-corrected chi connectivity index (χ1v) is 19.2. The fourth-order valence-electron chi connectivity index (χ4n) is 5.40. The lowest BCUT2D eigenvalue weighted by Gasteiger charge is -2.35. The van der Waals surface area contributed by atoms with Crippen LogP contribution >= 0.6 is 11.6 Å². The summed E-state index contributed by atoms with van der Waals surface area (Å²) in [6.45, 7) is 5.61. The van der Waals surface area contributed by atoms with E-state index in [4.69, 9.17) is 21.1 Å². The van der Waals surface area contributed by atoms with Crippen LogP contribution in [0.2, 0.25) is 5.02 Å². The van der Waals surface area contributed by atoms with Crippen molar-refractivity contribution in [1.82, 2.24) is 9.21 Å². The van der Waals surface area contributed by atoms with Gasteiger partial charge in [-0.3, -0.25) is 9.52 Å². The molecule has 0 fully saturated rings. The van der Waals surface area contributed by atoms with Gasteiger partial charge >= 0.3 is 0 Å². The number of halogens is 1. The van der Waals surface area contributed by atoms with E-state index >= 15 is 0 Å². The molecule has 1 heterocycles. The molecule has 11 nitrogen and oxygen atoms in total. The van der Waals surface area contributed by atoms with Crippen LogP contribution in [0, 0.1) is 5.92 Å². The Morgan fingerprint density at radius 1 is 1.00 bits per heavy atom. The molecule has 3 aromatic carbocycles. The highest BCUT2D eigenvalue weighted by molar-refractivity contribution is 7.92. The lowest BCUT2D eigenvalue weighted by molar-refractivity contribution is -0.00833. The van der Waals surface area contributed by atoms with E-state index in [2.05, 4.69) is 4.72 Å². The number of fused-ring (bicyclic) bond motifs is 1. The molecule has 4 rings (SSSR count). The smallest absolute Gasteiger partial charge is 0.261 e. The van der Waals surface area contributed by atoms with Crippen molar-refractivity contribution in [2.24, 2.45) is 5.92 Å². The van der Waals surface area contributed by atoms with Gasteiger partial charge in [-0.1, -0.05) is 36.7 Å². The summed E-state index contributed by atoms with van der Waals surface area (Å²) >= 11 is 5.97. The molecule has 1 aliphatic rings. The molecule has 262 valence electrons. The number of anilines is 1. The Kier molecular flexibility index (Phi) is 12.9. The van der Waals surface area contributed by atoms with Crippen molar-refractivity contribution in [1.29, 1.82) is 0 Å². The fourth-order valence-corrected chi connectivity index (χ4v) is 7.78. The molecule has 0 saturated heterocycles.